The van der Waals surface area contributed by atoms with E-state index in [1.165, 1.54) is 6.07 Å². The van der Waals surface area contributed by atoms with Gasteiger partial charge in [0.1, 0.15) is 5.82 Å². The standard InChI is InChI=1S/C21H20FN3O2/c1-12-4-13(2-3-19(12)22)17-5-14(6-20-18(17)7-23-24-20)21(26)25-8-15-10-27-11-16(15)9-25/h2-7,15-16H,8-11H2,1H3,(H,23,24)/t15-,16+. The van der Waals surface area contributed by atoms with Crippen LogP contribution in [0.15, 0.2) is 36.5 Å². The predicted octanol–water partition coefficient (Wildman–Crippen LogP) is 3.40. The van der Waals surface area contributed by atoms with E-state index in [1.807, 2.05) is 23.1 Å². The lowest BCUT2D eigenvalue weighted by atomic mass is 9.97. The van der Waals surface area contributed by atoms with Gasteiger partial charge in [0.2, 0.25) is 0 Å². The Balaban J connectivity index is 1.55. The number of carbonyl (C=O) groups excluding carboxylic acids is 1. The second-order valence-corrected chi connectivity index (χ2v) is 7.59. The smallest absolute Gasteiger partial charge is 0.253 e. The number of amides is 1. The molecule has 1 amide bonds. The Bertz CT molecular complexity index is 1030. The molecule has 2 atom stereocenters. The van der Waals surface area contributed by atoms with Crippen molar-refractivity contribution in [2.45, 2.75) is 6.92 Å². The number of nitrogens with one attached hydrogen (secondary N) is 1. The highest BCUT2D eigenvalue weighted by Crippen LogP contribution is 2.33. The van der Waals surface area contributed by atoms with E-state index >= 15 is 0 Å². The number of hydrogen-bond donors (Lipinski definition) is 1. The van der Waals surface area contributed by atoms with Crippen LogP contribution in [0.4, 0.5) is 4.39 Å². The van der Waals surface area contributed by atoms with Crippen molar-refractivity contribution in [2.24, 2.45) is 11.8 Å². The first kappa shape index (κ1) is 16.4. The summed E-state index contributed by atoms with van der Waals surface area (Å²) < 4.78 is 19.2. The van der Waals surface area contributed by atoms with Gasteiger partial charge in [-0.3, -0.25) is 9.89 Å². The molecule has 0 saturated carbocycles. The molecule has 0 unspecified atom stereocenters. The Morgan fingerprint density at radius 3 is 2.74 bits per heavy atom. The Labute approximate surface area is 156 Å². The number of aryl methyl sites for hydroxylation is 1. The van der Waals surface area contributed by atoms with Crippen LogP contribution in [-0.4, -0.2) is 47.3 Å². The average Bonchev–Trinajstić information content (AvgIpc) is 3.37. The molecule has 0 aliphatic carbocycles. The van der Waals surface area contributed by atoms with Crippen LogP contribution in [-0.2, 0) is 4.74 Å². The van der Waals surface area contributed by atoms with Crippen molar-refractivity contribution in [2.75, 3.05) is 26.3 Å². The van der Waals surface area contributed by atoms with E-state index in [0.29, 0.717) is 23.0 Å². The Hall–Kier alpha value is -2.73. The fourth-order valence-electron chi connectivity index (χ4n) is 4.26. The highest BCUT2D eigenvalue weighted by atomic mass is 19.1. The van der Waals surface area contributed by atoms with Gasteiger partial charge >= 0.3 is 0 Å². The third-order valence-electron chi connectivity index (χ3n) is 5.80. The van der Waals surface area contributed by atoms with E-state index in [-0.39, 0.29) is 11.7 Å². The van der Waals surface area contributed by atoms with Crippen LogP contribution in [0, 0.1) is 24.6 Å². The molecular weight excluding hydrogens is 345 g/mol. The summed E-state index contributed by atoms with van der Waals surface area (Å²) in [6, 6.07) is 8.78. The molecule has 0 bridgehead atoms. The lowest BCUT2D eigenvalue weighted by Gasteiger charge is -2.18. The van der Waals surface area contributed by atoms with E-state index in [2.05, 4.69) is 10.2 Å². The Kier molecular flexibility index (Phi) is 3.75. The monoisotopic (exact) mass is 365 g/mol. The van der Waals surface area contributed by atoms with Gasteiger partial charge in [-0.15, -0.1) is 0 Å². The van der Waals surface area contributed by atoms with Crippen LogP contribution < -0.4 is 0 Å². The van der Waals surface area contributed by atoms with Crippen LogP contribution >= 0.6 is 0 Å². The first-order chi connectivity index (χ1) is 13.1. The Morgan fingerprint density at radius 1 is 1.22 bits per heavy atom. The molecule has 5 rings (SSSR count). The molecule has 0 spiro atoms. The number of hydrogen-bond acceptors (Lipinski definition) is 3. The minimum Gasteiger partial charge on any atom is -0.381 e. The maximum atomic E-state index is 13.7. The van der Waals surface area contributed by atoms with E-state index < -0.39 is 0 Å². The summed E-state index contributed by atoms with van der Waals surface area (Å²) in [5, 5.41) is 8.02. The fourth-order valence-corrected chi connectivity index (χ4v) is 4.26. The van der Waals surface area contributed by atoms with Crippen molar-refractivity contribution >= 4 is 16.8 Å². The number of H-pyrrole nitrogens is 1. The highest BCUT2D eigenvalue weighted by molar-refractivity contribution is 6.03. The third kappa shape index (κ3) is 2.72. The molecule has 5 nitrogen and oxygen atoms in total. The van der Waals surface area contributed by atoms with E-state index in [9.17, 15) is 9.18 Å². The minimum atomic E-state index is -0.236. The SMILES string of the molecule is Cc1cc(-c2cc(C(=O)N3C[C@H]4COC[C@H]4C3)cc3[nH]ncc23)ccc1F. The van der Waals surface area contributed by atoms with E-state index in [1.54, 1.807) is 19.2 Å². The van der Waals surface area contributed by atoms with Gasteiger partial charge in [-0.2, -0.15) is 5.10 Å². The number of aromatic nitrogens is 2. The highest BCUT2D eigenvalue weighted by Gasteiger charge is 2.39. The van der Waals surface area contributed by atoms with Crippen LogP contribution in [0.2, 0.25) is 0 Å². The van der Waals surface area contributed by atoms with Gasteiger partial charge in [-0.05, 0) is 47.9 Å². The molecule has 3 aromatic rings. The third-order valence-corrected chi connectivity index (χ3v) is 5.80. The molecule has 3 heterocycles. The van der Waals surface area contributed by atoms with E-state index in [0.717, 1.165) is 48.3 Å². The van der Waals surface area contributed by atoms with E-state index in [4.69, 9.17) is 4.74 Å². The lowest BCUT2D eigenvalue weighted by molar-refractivity contribution is 0.0751. The first-order valence-corrected chi connectivity index (χ1v) is 9.21. The first-order valence-electron chi connectivity index (χ1n) is 9.21. The number of likely N-dealkylation sites (tertiary alicyclic amines) is 1. The molecule has 2 aliphatic heterocycles. The van der Waals surface area contributed by atoms with Crippen LogP contribution in [0.3, 0.4) is 0 Å². The minimum absolute atomic E-state index is 0.0287. The normalized spacial score (nSPS) is 21.8. The van der Waals surface area contributed by atoms with Crippen molar-refractivity contribution in [1.29, 1.82) is 0 Å². The molecule has 1 aromatic heterocycles. The van der Waals surface area contributed by atoms with Crippen LogP contribution in [0.25, 0.3) is 22.0 Å². The maximum Gasteiger partial charge on any atom is 0.253 e. The number of halogens is 1. The molecule has 2 saturated heterocycles. The molecule has 2 aliphatic rings. The molecule has 1 N–H and O–H groups in total. The number of nitrogens with zero attached hydrogens (tertiary/aromatic N) is 2. The summed E-state index contributed by atoms with van der Waals surface area (Å²) in [5.74, 6) is 0.689. The van der Waals surface area contributed by atoms with Crippen molar-refractivity contribution in [3.05, 3.63) is 53.5 Å². The zero-order valence-electron chi connectivity index (χ0n) is 15.0. The lowest BCUT2D eigenvalue weighted by Crippen LogP contribution is -2.30. The number of fused-ring (bicyclic) bond motifs is 2. The summed E-state index contributed by atoms with van der Waals surface area (Å²) in [4.78, 5) is 15.1. The number of carbonyl (C=O) groups is 1. The van der Waals surface area contributed by atoms with Gasteiger partial charge in [0.15, 0.2) is 0 Å². The maximum absolute atomic E-state index is 13.7. The molecule has 0 radical (unpaired) electrons. The topological polar surface area (TPSA) is 58.2 Å². The van der Waals surface area contributed by atoms with Gasteiger partial charge in [0.05, 0.1) is 24.9 Å². The zero-order valence-corrected chi connectivity index (χ0v) is 15.0. The van der Waals surface area contributed by atoms with Crippen molar-refractivity contribution in [1.82, 2.24) is 15.1 Å². The number of aromatic amines is 1. The van der Waals surface area contributed by atoms with Crippen LogP contribution in [0.1, 0.15) is 15.9 Å². The van der Waals surface area contributed by atoms with Crippen molar-refractivity contribution in [3.8, 4) is 11.1 Å². The average molecular weight is 365 g/mol. The van der Waals surface area contributed by atoms with Gasteiger partial charge in [0, 0.05) is 35.9 Å². The fraction of sp³-hybridized carbons (Fsp3) is 0.333. The van der Waals surface area contributed by atoms with Crippen LogP contribution in [0.5, 0.6) is 0 Å². The quantitative estimate of drug-likeness (QED) is 0.757. The van der Waals surface area contributed by atoms with Crippen molar-refractivity contribution < 1.29 is 13.9 Å². The van der Waals surface area contributed by atoms with Crippen molar-refractivity contribution in [3.63, 3.8) is 0 Å². The summed E-state index contributed by atoms with van der Waals surface area (Å²) in [6.07, 6.45) is 1.75. The molecule has 2 aromatic carbocycles. The molecule has 27 heavy (non-hydrogen) atoms. The van der Waals surface area contributed by atoms with Gasteiger partial charge in [0.25, 0.3) is 5.91 Å². The summed E-state index contributed by atoms with van der Waals surface area (Å²) >= 11 is 0. The molecular formula is C21H20FN3O2. The van der Waals surface area contributed by atoms with Gasteiger partial charge < -0.3 is 9.64 Å². The second-order valence-electron chi connectivity index (χ2n) is 7.59. The number of benzene rings is 2. The summed E-state index contributed by atoms with van der Waals surface area (Å²) in [5.41, 5.74) is 3.77. The Morgan fingerprint density at radius 2 is 2.00 bits per heavy atom. The predicted molar refractivity (Wildman–Crippen MR) is 99.9 cm³/mol. The molecule has 138 valence electrons. The largest absolute Gasteiger partial charge is 0.381 e. The van der Waals surface area contributed by atoms with Gasteiger partial charge in [-0.1, -0.05) is 6.07 Å². The second kappa shape index (κ2) is 6.16. The molecule has 2 fully saturated rings. The zero-order chi connectivity index (χ0) is 18.5. The number of ether oxygens (including phenoxy) is 1. The van der Waals surface area contributed by atoms with Gasteiger partial charge in [-0.25, -0.2) is 4.39 Å². The summed E-state index contributed by atoms with van der Waals surface area (Å²) in [7, 11) is 0. The molecule has 6 heteroatoms. The number of rotatable bonds is 2. The summed E-state index contributed by atoms with van der Waals surface area (Å²) in [6.45, 7) is 4.72.